The average molecular weight is 430 g/mol. The highest BCUT2D eigenvalue weighted by molar-refractivity contribution is 8.00. The highest BCUT2D eigenvalue weighted by Crippen LogP contribution is 2.18. The molecule has 0 bridgehead atoms. The van der Waals surface area contributed by atoms with Gasteiger partial charge in [-0.3, -0.25) is 9.59 Å². The molecular weight excluding hydrogens is 408 g/mol. The van der Waals surface area contributed by atoms with Crippen LogP contribution in [0, 0.1) is 6.92 Å². The Kier molecular flexibility index (Phi) is 8.42. The molecule has 0 aliphatic carbocycles. The van der Waals surface area contributed by atoms with Crippen molar-refractivity contribution in [2.24, 2.45) is 0 Å². The average Bonchev–Trinajstić information content (AvgIpc) is 2.72. The Labute approximate surface area is 178 Å². The maximum atomic E-state index is 12.2. The van der Waals surface area contributed by atoms with Crippen LogP contribution in [0.3, 0.4) is 0 Å². The summed E-state index contributed by atoms with van der Waals surface area (Å²) in [7, 11) is 2.42. The number of nitrogens with one attached hydrogen (secondary N) is 2. The fourth-order valence-corrected chi connectivity index (χ4v) is 3.14. The summed E-state index contributed by atoms with van der Waals surface area (Å²) in [5, 5.41) is 5.37. The van der Waals surface area contributed by atoms with Crippen LogP contribution in [-0.4, -0.2) is 49.5 Å². The van der Waals surface area contributed by atoms with Crippen molar-refractivity contribution < 1.29 is 28.7 Å². The Balaban J connectivity index is 1.92. The molecule has 30 heavy (non-hydrogen) atoms. The Bertz CT molecular complexity index is 926. The molecular formula is C21H22N2O6S. The van der Waals surface area contributed by atoms with Gasteiger partial charge in [0, 0.05) is 11.4 Å². The van der Waals surface area contributed by atoms with Crippen molar-refractivity contribution in [3.63, 3.8) is 0 Å². The Morgan fingerprint density at radius 3 is 1.83 bits per heavy atom. The second-order valence-electron chi connectivity index (χ2n) is 6.24. The molecule has 9 heteroatoms. The van der Waals surface area contributed by atoms with E-state index >= 15 is 0 Å². The lowest BCUT2D eigenvalue weighted by Crippen LogP contribution is -2.19. The third kappa shape index (κ3) is 6.93. The van der Waals surface area contributed by atoms with Crippen LogP contribution in [0.1, 0.15) is 26.3 Å². The second-order valence-corrected chi connectivity index (χ2v) is 7.23. The van der Waals surface area contributed by atoms with Gasteiger partial charge in [0.1, 0.15) is 0 Å². The number of benzene rings is 2. The summed E-state index contributed by atoms with van der Waals surface area (Å²) in [5.74, 6) is -1.81. The van der Waals surface area contributed by atoms with Crippen LogP contribution in [0.15, 0.2) is 42.5 Å². The van der Waals surface area contributed by atoms with Crippen LogP contribution in [0.2, 0.25) is 0 Å². The number of anilines is 2. The monoisotopic (exact) mass is 430 g/mol. The summed E-state index contributed by atoms with van der Waals surface area (Å²) in [6, 6.07) is 11.5. The van der Waals surface area contributed by atoms with Crippen LogP contribution in [0.5, 0.6) is 0 Å². The number of methoxy groups -OCH3 is 2. The van der Waals surface area contributed by atoms with Crippen molar-refractivity contribution in [3.05, 3.63) is 59.2 Å². The molecule has 0 fully saturated rings. The van der Waals surface area contributed by atoms with Gasteiger partial charge in [0.15, 0.2) is 0 Å². The van der Waals surface area contributed by atoms with Gasteiger partial charge in [-0.05, 0) is 42.8 Å². The first-order chi connectivity index (χ1) is 14.3. The molecule has 0 unspecified atom stereocenters. The number of esters is 2. The van der Waals surface area contributed by atoms with Crippen LogP contribution in [0.25, 0.3) is 0 Å². The standard InChI is InChI=1S/C21H22N2O6S/c1-13-5-4-6-16(7-13)22-18(24)11-30-12-19(25)23-17-9-14(20(26)28-2)8-15(10-17)21(27)29-3/h4-10H,11-12H2,1-3H3,(H,22,24)(H,23,25). The molecule has 158 valence electrons. The number of ether oxygens (including phenoxy) is 2. The summed E-state index contributed by atoms with van der Waals surface area (Å²) in [5.41, 5.74) is 2.16. The zero-order valence-corrected chi connectivity index (χ0v) is 17.6. The highest BCUT2D eigenvalue weighted by atomic mass is 32.2. The van der Waals surface area contributed by atoms with E-state index in [-0.39, 0.29) is 40.1 Å². The molecule has 0 saturated carbocycles. The number of aryl methyl sites for hydroxylation is 1. The van der Waals surface area contributed by atoms with Crippen LogP contribution >= 0.6 is 11.8 Å². The summed E-state index contributed by atoms with van der Waals surface area (Å²) in [6.07, 6.45) is 0. The number of amides is 2. The third-order valence-corrected chi connectivity index (χ3v) is 4.76. The Hall–Kier alpha value is -3.33. The van der Waals surface area contributed by atoms with Gasteiger partial charge in [0.05, 0.1) is 36.9 Å². The number of thioether (sulfide) groups is 1. The molecule has 0 saturated heterocycles. The summed E-state index contributed by atoms with van der Waals surface area (Å²) in [6.45, 7) is 1.93. The quantitative estimate of drug-likeness (QED) is 0.620. The molecule has 0 heterocycles. The van der Waals surface area contributed by atoms with E-state index in [1.54, 1.807) is 6.07 Å². The van der Waals surface area contributed by atoms with E-state index in [9.17, 15) is 19.2 Å². The first-order valence-electron chi connectivity index (χ1n) is 8.88. The molecule has 8 nitrogen and oxygen atoms in total. The third-order valence-electron chi connectivity index (χ3n) is 3.83. The van der Waals surface area contributed by atoms with Crippen LogP contribution < -0.4 is 10.6 Å². The summed E-state index contributed by atoms with van der Waals surface area (Å²) < 4.78 is 9.32. The van der Waals surface area contributed by atoms with Gasteiger partial charge >= 0.3 is 11.9 Å². The van der Waals surface area contributed by atoms with Gasteiger partial charge < -0.3 is 20.1 Å². The molecule has 0 atom stereocenters. The number of hydrogen-bond donors (Lipinski definition) is 2. The smallest absolute Gasteiger partial charge is 0.337 e. The highest BCUT2D eigenvalue weighted by Gasteiger charge is 2.15. The molecule has 0 aromatic heterocycles. The lowest BCUT2D eigenvalue weighted by Gasteiger charge is -2.10. The van der Waals surface area contributed by atoms with E-state index in [2.05, 4.69) is 20.1 Å². The second kappa shape index (κ2) is 11.0. The fourth-order valence-electron chi connectivity index (χ4n) is 2.52. The van der Waals surface area contributed by atoms with E-state index in [4.69, 9.17) is 0 Å². The van der Waals surface area contributed by atoms with Crippen molar-refractivity contribution in [1.29, 1.82) is 0 Å². The van der Waals surface area contributed by atoms with Crippen molar-refractivity contribution in [3.8, 4) is 0 Å². The molecule has 2 aromatic carbocycles. The molecule has 0 spiro atoms. The van der Waals surface area contributed by atoms with Crippen LogP contribution in [-0.2, 0) is 19.1 Å². The molecule has 0 aliphatic rings. The number of carbonyl (C=O) groups is 4. The number of hydrogen-bond acceptors (Lipinski definition) is 7. The van der Waals surface area contributed by atoms with Gasteiger partial charge in [-0.2, -0.15) is 0 Å². The van der Waals surface area contributed by atoms with Gasteiger partial charge in [0.25, 0.3) is 0 Å². The van der Waals surface area contributed by atoms with Crippen molar-refractivity contribution in [2.75, 3.05) is 36.4 Å². The maximum Gasteiger partial charge on any atom is 0.337 e. The summed E-state index contributed by atoms with van der Waals surface area (Å²) in [4.78, 5) is 47.8. The van der Waals surface area contributed by atoms with Crippen molar-refractivity contribution in [2.45, 2.75) is 6.92 Å². The van der Waals surface area contributed by atoms with E-state index in [0.717, 1.165) is 17.3 Å². The largest absolute Gasteiger partial charge is 0.465 e. The predicted octanol–water partition coefficient (Wildman–Crippen LogP) is 2.88. The Morgan fingerprint density at radius 1 is 0.800 bits per heavy atom. The zero-order chi connectivity index (χ0) is 22.1. The molecule has 2 rings (SSSR count). The molecule has 2 N–H and O–H groups in total. The molecule has 2 amide bonds. The topological polar surface area (TPSA) is 111 Å². The van der Waals surface area contributed by atoms with Crippen molar-refractivity contribution in [1.82, 2.24) is 0 Å². The maximum absolute atomic E-state index is 12.2. The SMILES string of the molecule is COC(=O)c1cc(NC(=O)CSCC(=O)Nc2cccc(C)c2)cc(C(=O)OC)c1. The van der Waals surface area contributed by atoms with E-state index in [1.165, 1.54) is 32.4 Å². The van der Waals surface area contributed by atoms with Crippen LogP contribution in [0.4, 0.5) is 11.4 Å². The normalized spacial score (nSPS) is 10.1. The molecule has 0 aliphatic heterocycles. The lowest BCUT2D eigenvalue weighted by atomic mass is 10.1. The fraction of sp³-hybridized carbons (Fsp3) is 0.238. The minimum Gasteiger partial charge on any atom is -0.465 e. The van der Waals surface area contributed by atoms with E-state index in [0.29, 0.717) is 5.69 Å². The Morgan fingerprint density at radius 2 is 1.33 bits per heavy atom. The lowest BCUT2D eigenvalue weighted by molar-refractivity contribution is -0.114. The molecule has 0 radical (unpaired) electrons. The predicted molar refractivity (Wildman–Crippen MR) is 115 cm³/mol. The first kappa shape index (κ1) is 23.0. The van der Waals surface area contributed by atoms with Gasteiger partial charge in [-0.1, -0.05) is 12.1 Å². The van der Waals surface area contributed by atoms with E-state index < -0.39 is 11.9 Å². The minimum absolute atomic E-state index is 0.0112. The number of rotatable bonds is 8. The number of carbonyl (C=O) groups excluding carboxylic acids is 4. The van der Waals surface area contributed by atoms with Gasteiger partial charge in [-0.25, -0.2) is 9.59 Å². The van der Waals surface area contributed by atoms with Gasteiger partial charge in [0.2, 0.25) is 11.8 Å². The first-order valence-corrected chi connectivity index (χ1v) is 10.0. The minimum atomic E-state index is -0.654. The van der Waals surface area contributed by atoms with Crippen molar-refractivity contribution >= 4 is 46.9 Å². The molecule has 2 aromatic rings. The van der Waals surface area contributed by atoms with E-state index in [1.807, 2.05) is 25.1 Å². The zero-order valence-electron chi connectivity index (χ0n) is 16.8. The van der Waals surface area contributed by atoms with Gasteiger partial charge in [-0.15, -0.1) is 11.8 Å². The summed E-state index contributed by atoms with van der Waals surface area (Å²) >= 11 is 1.13.